The van der Waals surface area contributed by atoms with Gasteiger partial charge in [-0.3, -0.25) is 9.59 Å². The molecule has 0 saturated carbocycles. The highest BCUT2D eigenvalue weighted by Gasteiger charge is 2.27. The maximum atomic E-state index is 12.3. The Kier molecular flexibility index (Phi) is 4.40. The molecule has 2 aliphatic rings. The fourth-order valence-corrected chi connectivity index (χ4v) is 3.18. The van der Waals surface area contributed by atoms with Gasteiger partial charge in [-0.05, 0) is 26.2 Å². The zero-order valence-corrected chi connectivity index (χ0v) is 13.0. The summed E-state index contributed by atoms with van der Waals surface area (Å²) in [5.41, 5.74) is 0. The van der Waals surface area contributed by atoms with Gasteiger partial charge in [-0.25, -0.2) is 0 Å². The second kappa shape index (κ2) is 6.46. The molecule has 2 atom stereocenters. The first-order chi connectivity index (χ1) is 10.6. The Hall–Kier alpha value is -1.92. The molecule has 1 saturated heterocycles. The van der Waals surface area contributed by atoms with Crippen LogP contribution >= 0.6 is 0 Å². The lowest BCUT2D eigenvalue weighted by molar-refractivity contribution is -0.129. The third-order valence-corrected chi connectivity index (χ3v) is 4.52. The van der Waals surface area contributed by atoms with Crippen molar-refractivity contribution in [3.8, 4) is 0 Å². The topological polar surface area (TPSA) is 88.9 Å². The number of nitrogens with zero attached hydrogens (tertiary/aromatic N) is 3. The van der Waals surface area contributed by atoms with Gasteiger partial charge in [0.25, 0.3) is 0 Å². The molecule has 1 aromatic rings. The van der Waals surface area contributed by atoms with E-state index in [2.05, 4.69) is 25.4 Å². The van der Waals surface area contributed by atoms with Crippen LogP contribution in [0.15, 0.2) is 0 Å². The number of fused-ring (bicyclic) bond motifs is 1. The zero-order chi connectivity index (χ0) is 15.5. The van der Waals surface area contributed by atoms with E-state index in [4.69, 9.17) is 0 Å². The van der Waals surface area contributed by atoms with Crippen molar-refractivity contribution >= 4 is 11.8 Å². The van der Waals surface area contributed by atoms with Gasteiger partial charge in [0, 0.05) is 25.9 Å². The van der Waals surface area contributed by atoms with Gasteiger partial charge in [0.2, 0.25) is 11.8 Å². The highest BCUT2D eigenvalue weighted by Crippen LogP contribution is 2.19. The van der Waals surface area contributed by atoms with Crippen LogP contribution in [0.25, 0.3) is 0 Å². The minimum atomic E-state index is -0.163. The lowest BCUT2D eigenvalue weighted by Crippen LogP contribution is -2.43. The molecule has 1 fully saturated rings. The number of amides is 2. The van der Waals surface area contributed by atoms with Gasteiger partial charge in [-0.1, -0.05) is 6.42 Å². The molecule has 2 aliphatic heterocycles. The van der Waals surface area contributed by atoms with Gasteiger partial charge in [-0.15, -0.1) is 10.2 Å². The van der Waals surface area contributed by atoms with E-state index in [0.29, 0.717) is 19.4 Å². The van der Waals surface area contributed by atoms with E-state index in [0.717, 1.165) is 37.5 Å². The average Bonchev–Trinajstić information content (AvgIpc) is 2.77. The summed E-state index contributed by atoms with van der Waals surface area (Å²) in [6, 6.07) is -0.163. The number of nitrogens with one attached hydrogen (secondary N) is 2. The highest BCUT2D eigenvalue weighted by molar-refractivity contribution is 5.83. The van der Waals surface area contributed by atoms with Crippen molar-refractivity contribution in [1.29, 1.82) is 0 Å². The van der Waals surface area contributed by atoms with Gasteiger partial charge in [-0.2, -0.15) is 0 Å². The smallest absolute Gasteiger partial charge is 0.225 e. The maximum Gasteiger partial charge on any atom is 0.225 e. The number of carbonyl (C=O) groups excluding carboxylic acids is 2. The maximum absolute atomic E-state index is 12.3. The number of carbonyl (C=O) groups is 2. The highest BCUT2D eigenvalue weighted by atomic mass is 16.2. The Morgan fingerprint density at radius 2 is 2.18 bits per heavy atom. The van der Waals surface area contributed by atoms with E-state index in [1.807, 2.05) is 6.92 Å². The summed E-state index contributed by atoms with van der Waals surface area (Å²) in [5, 5.41) is 14.3. The molecule has 0 spiro atoms. The molecule has 0 radical (unpaired) electrons. The Labute approximate surface area is 129 Å². The van der Waals surface area contributed by atoms with E-state index in [9.17, 15) is 9.59 Å². The minimum absolute atomic E-state index is 0.0153. The Morgan fingerprint density at radius 3 is 2.95 bits per heavy atom. The standard InChI is InChI=1S/C15H23N5O2/c1-10(17-15(22)11-6-7-13(21)16-9-11)14-19-18-12-5-3-2-4-8-20(12)14/h10-11H,2-9H2,1H3,(H,16,21)(H,17,22)/t10-,11+/m1/s1. The molecule has 0 aliphatic carbocycles. The molecule has 1 aromatic heterocycles. The van der Waals surface area contributed by atoms with Crippen molar-refractivity contribution in [2.75, 3.05) is 6.54 Å². The van der Waals surface area contributed by atoms with Crippen molar-refractivity contribution in [3.05, 3.63) is 11.6 Å². The first-order valence-electron chi connectivity index (χ1n) is 8.14. The second-order valence-corrected chi connectivity index (χ2v) is 6.21. The SMILES string of the molecule is C[C@@H](NC(=O)[C@H]1CCC(=O)NC1)c1nnc2n1CCCCC2. The molecule has 0 bridgehead atoms. The number of piperidine rings is 1. The van der Waals surface area contributed by atoms with Gasteiger partial charge >= 0.3 is 0 Å². The monoisotopic (exact) mass is 305 g/mol. The van der Waals surface area contributed by atoms with Crippen LogP contribution in [-0.2, 0) is 22.6 Å². The fourth-order valence-electron chi connectivity index (χ4n) is 3.18. The van der Waals surface area contributed by atoms with E-state index in [1.54, 1.807) is 0 Å². The molecule has 22 heavy (non-hydrogen) atoms. The molecule has 7 heteroatoms. The predicted molar refractivity (Wildman–Crippen MR) is 79.9 cm³/mol. The van der Waals surface area contributed by atoms with Crippen LogP contribution < -0.4 is 10.6 Å². The summed E-state index contributed by atoms with van der Waals surface area (Å²) in [4.78, 5) is 23.5. The van der Waals surface area contributed by atoms with Gasteiger partial charge in [0.15, 0.2) is 5.82 Å². The fraction of sp³-hybridized carbons (Fsp3) is 0.733. The van der Waals surface area contributed by atoms with Crippen LogP contribution in [0.3, 0.4) is 0 Å². The number of hydrogen-bond donors (Lipinski definition) is 2. The quantitative estimate of drug-likeness (QED) is 0.860. The molecule has 3 heterocycles. The first kappa shape index (κ1) is 15.0. The van der Waals surface area contributed by atoms with E-state index in [1.165, 1.54) is 6.42 Å². The van der Waals surface area contributed by atoms with Crippen molar-refractivity contribution < 1.29 is 9.59 Å². The second-order valence-electron chi connectivity index (χ2n) is 6.21. The third-order valence-electron chi connectivity index (χ3n) is 4.52. The van der Waals surface area contributed by atoms with Crippen molar-refractivity contribution in [2.24, 2.45) is 5.92 Å². The Balaban J connectivity index is 1.64. The predicted octanol–water partition coefficient (Wildman–Crippen LogP) is 0.708. The molecule has 7 nitrogen and oxygen atoms in total. The molecule has 0 unspecified atom stereocenters. The summed E-state index contributed by atoms with van der Waals surface area (Å²) in [6.07, 6.45) is 5.50. The van der Waals surface area contributed by atoms with Crippen LogP contribution in [0.4, 0.5) is 0 Å². The van der Waals surface area contributed by atoms with E-state index in [-0.39, 0.29) is 23.8 Å². The van der Waals surface area contributed by atoms with Crippen LogP contribution in [0.2, 0.25) is 0 Å². The molecular formula is C15H23N5O2. The van der Waals surface area contributed by atoms with Gasteiger partial charge in [0.1, 0.15) is 5.82 Å². The van der Waals surface area contributed by atoms with Crippen LogP contribution in [-0.4, -0.2) is 33.1 Å². The molecule has 3 rings (SSSR count). The molecule has 0 aromatic carbocycles. The minimum Gasteiger partial charge on any atom is -0.355 e. The normalized spacial score (nSPS) is 23.1. The number of aryl methyl sites for hydroxylation is 1. The van der Waals surface area contributed by atoms with Gasteiger partial charge < -0.3 is 15.2 Å². The lowest BCUT2D eigenvalue weighted by Gasteiger charge is -2.23. The Morgan fingerprint density at radius 1 is 1.32 bits per heavy atom. The summed E-state index contributed by atoms with van der Waals surface area (Å²) in [7, 11) is 0. The largest absolute Gasteiger partial charge is 0.355 e. The van der Waals surface area contributed by atoms with E-state index < -0.39 is 0 Å². The van der Waals surface area contributed by atoms with Crippen LogP contribution in [0.5, 0.6) is 0 Å². The number of rotatable bonds is 3. The Bertz CT molecular complexity index is 558. The summed E-state index contributed by atoms with van der Waals surface area (Å²) >= 11 is 0. The molecule has 120 valence electrons. The van der Waals surface area contributed by atoms with Crippen molar-refractivity contribution in [2.45, 2.75) is 58.0 Å². The first-order valence-corrected chi connectivity index (χ1v) is 8.14. The molecular weight excluding hydrogens is 282 g/mol. The number of hydrogen-bond acceptors (Lipinski definition) is 4. The summed E-state index contributed by atoms with van der Waals surface area (Å²) in [6.45, 7) is 3.30. The van der Waals surface area contributed by atoms with Crippen LogP contribution in [0, 0.1) is 5.92 Å². The average molecular weight is 305 g/mol. The molecule has 2 N–H and O–H groups in total. The van der Waals surface area contributed by atoms with E-state index >= 15 is 0 Å². The zero-order valence-electron chi connectivity index (χ0n) is 13.0. The van der Waals surface area contributed by atoms with Gasteiger partial charge in [0.05, 0.1) is 12.0 Å². The lowest BCUT2D eigenvalue weighted by atomic mass is 9.98. The number of aromatic nitrogens is 3. The van der Waals surface area contributed by atoms with Crippen molar-refractivity contribution in [3.63, 3.8) is 0 Å². The van der Waals surface area contributed by atoms with Crippen LogP contribution in [0.1, 0.15) is 56.7 Å². The van der Waals surface area contributed by atoms with Crippen molar-refractivity contribution in [1.82, 2.24) is 25.4 Å². The molecule has 2 amide bonds. The summed E-state index contributed by atoms with van der Waals surface area (Å²) < 4.78 is 2.15. The third kappa shape index (κ3) is 3.13. The summed E-state index contributed by atoms with van der Waals surface area (Å²) in [5.74, 6) is 1.73.